The van der Waals surface area contributed by atoms with E-state index in [9.17, 15) is 9.59 Å². The Morgan fingerprint density at radius 3 is 2.41 bits per heavy atom. The highest BCUT2D eigenvalue weighted by molar-refractivity contribution is 6.39. The first-order valence-electron chi connectivity index (χ1n) is 8.07. The van der Waals surface area contributed by atoms with Gasteiger partial charge in [0.05, 0.1) is 40.0 Å². The Balaban J connectivity index is 1.95. The van der Waals surface area contributed by atoms with Crippen LogP contribution in [-0.4, -0.2) is 36.3 Å². The van der Waals surface area contributed by atoms with Gasteiger partial charge in [-0.3, -0.25) is 14.5 Å². The SMILES string of the molecule is CC(C(=O)Nc1cccc(C#N)c1)N(C)CC(=O)Nc1c(Cl)cccc1Cl. The monoisotopic (exact) mass is 404 g/mol. The molecule has 0 bridgehead atoms. The zero-order valence-electron chi connectivity index (χ0n) is 14.8. The standard InChI is InChI=1S/C19H18Cl2N4O2/c1-12(19(27)23-14-6-3-5-13(9-14)10-22)25(2)11-17(26)24-18-15(20)7-4-8-16(18)21/h3-9,12H,11H2,1-2H3,(H,23,27)(H,24,26). The van der Waals surface area contributed by atoms with Crippen LogP contribution in [0.1, 0.15) is 12.5 Å². The molecule has 0 spiro atoms. The molecule has 8 heteroatoms. The van der Waals surface area contributed by atoms with Crippen molar-refractivity contribution in [3.8, 4) is 6.07 Å². The van der Waals surface area contributed by atoms with Crippen LogP contribution in [-0.2, 0) is 9.59 Å². The van der Waals surface area contributed by atoms with Crippen LogP contribution in [0.3, 0.4) is 0 Å². The molecule has 0 aliphatic heterocycles. The third-order valence-corrected chi connectivity index (χ3v) is 4.55. The lowest BCUT2D eigenvalue weighted by molar-refractivity contribution is -0.122. The van der Waals surface area contributed by atoms with Gasteiger partial charge < -0.3 is 10.6 Å². The number of halogens is 2. The molecule has 2 rings (SSSR count). The van der Waals surface area contributed by atoms with Gasteiger partial charge >= 0.3 is 0 Å². The molecule has 0 saturated heterocycles. The van der Waals surface area contributed by atoms with Gasteiger partial charge in [0.1, 0.15) is 0 Å². The van der Waals surface area contributed by atoms with E-state index in [2.05, 4.69) is 10.6 Å². The zero-order valence-corrected chi connectivity index (χ0v) is 16.3. The summed E-state index contributed by atoms with van der Waals surface area (Å²) in [5.41, 5.74) is 1.31. The summed E-state index contributed by atoms with van der Waals surface area (Å²) in [5.74, 6) is -0.644. The van der Waals surface area contributed by atoms with Crippen molar-refractivity contribution >= 4 is 46.4 Å². The fraction of sp³-hybridized carbons (Fsp3) is 0.211. The lowest BCUT2D eigenvalue weighted by Crippen LogP contribution is -2.43. The Morgan fingerprint density at radius 2 is 1.78 bits per heavy atom. The van der Waals surface area contributed by atoms with Crippen LogP contribution in [0.25, 0.3) is 0 Å². The molecule has 2 amide bonds. The van der Waals surface area contributed by atoms with Crippen LogP contribution >= 0.6 is 23.2 Å². The maximum Gasteiger partial charge on any atom is 0.241 e. The Morgan fingerprint density at radius 1 is 1.15 bits per heavy atom. The van der Waals surface area contributed by atoms with Crippen LogP contribution in [0, 0.1) is 11.3 Å². The quantitative estimate of drug-likeness (QED) is 0.767. The molecule has 0 aliphatic carbocycles. The average molecular weight is 405 g/mol. The number of carbonyl (C=O) groups excluding carboxylic acids is 2. The summed E-state index contributed by atoms with van der Waals surface area (Å²) in [7, 11) is 1.66. The predicted octanol–water partition coefficient (Wildman–Crippen LogP) is 3.76. The van der Waals surface area contributed by atoms with E-state index < -0.39 is 6.04 Å². The molecule has 0 fully saturated rings. The van der Waals surface area contributed by atoms with Crippen molar-refractivity contribution < 1.29 is 9.59 Å². The summed E-state index contributed by atoms with van der Waals surface area (Å²) in [5, 5.41) is 15.0. The minimum atomic E-state index is -0.580. The molecule has 0 aliphatic rings. The Kier molecular flexibility index (Phi) is 7.19. The van der Waals surface area contributed by atoms with E-state index in [1.54, 1.807) is 61.3 Å². The van der Waals surface area contributed by atoms with Crippen LogP contribution in [0.4, 0.5) is 11.4 Å². The summed E-state index contributed by atoms with van der Waals surface area (Å²) in [4.78, 5) is 26.2. The molecule has 2 aromatic carbocycles. The van der Waals surface area contributed by atoms with E-state index in [-0.39, 0.29) is 18.4 Å². The minimum absolute atomic E-state index is 0.0334. The topological polar surface area (TPSA) is 85.2 Å². The zero-order chi connectivity index (χ0) is 20.0. The molecule has 1 atom stereocenters. The molecular formula is C19H18Cl2N4O2. The van der Waals surface area contributed by atoms with Gasteiger partial charge in [0.2, 0.25) is 11.8 Å². The fourth-order valence-corrected chi connectivity index (χ4v) is 2.76. The van der Waals surface area contributed by atoms with Gasteiger partial charge in [-0.2, -0.15) is 5.26 Å². The maximum absolute atomic E-state index is 12.4. The van der Waals surface area contributed by atoms with Crippen molar-refractivity contribution in [2.45, 2.75) is 13.0 Å². The summed E-state index contributed by atoms with van der Waals surface area (Å²) >= 11 is 12.1. The first-order chi connectivity index (χ1) is 12.8. The first kappa shape index (κ1) is 20.7. The van der Waals surface area contributed by atoms with Crippen molar-refractivity contribution in [2.24, 2.45) is 0 Å². The molecule has 27 heavy (non-hydrogen) atoms. The lowest BCUT2D eigenvalue weighted by Gasteiger charge is -2.23. The van der Waals surface area contributed by atoms with Crippen molar-refractivity contribution in [1.29, 1.82) is 5.26 Å². The van der Waals surface area contributed by atoms with E-state index in [0.717, 1.165) is 0 Å². The molecule has 1 unspecified atom stereocenters. The Hall–Kier alpha value is -2.59. The number of likely N-dealkylation sites (N-methyl/N-ethyl adjacent to an activating group) is 1. The molecule has 0 heterocycles. The van der Waals surface area contributed by atoms with Gasteiger partial charge in [0.25, 0.3) is 0 Å². The number of hydrogen-bond acceptors (Lipinski definition) is 4. The van der Waals surface area contributed by atoms with Crippen LogP contribution in [0.15, 0.2) is 42.5 Å². The number of carbonyl (C=O) groups is 2. The van der Waals surface area contributed by atoms with Crippen molar-refractivity contribution in [3.63, 3.8) is 0 Å². The summed E-state index contributed by atoms with van der Waals surface area (Å²) in [6.07, 6.45) is 0. The largest absolute Gasteiger partial charge is 0.325 e. The van der Waals surface area contributed by atoms with Crippen LogP contribution < -0.4 is 10.6 Å². The van der Waals surface area contributed by atoms with E-state index in [1.807, 2.05) is 6.07 Å². The predicted molar refractivity (Wildman–Crippen MR) is 107 cm³/mol. The highest BCUT2D eigenvalue weighted by Crippen LogP contribution is 2.29. The molecule has 2 N–H and O–H groups in total. The molecule has 0 radical (unpaired) electrons. The number of nitriles is 1. The second-order valence-corrected chi connectivity index (χ2v) is 6.73. The maximum atomic E-state index is 12.4. The number of para-hydroxylation sites is 1. The van der Waals surface area contributed by atoms with Crippen molar-refractivity contribution in [1.82, 2.24) is 4.90 Å². The van der Waals surface area contributed by atoms with Gasteiger partial charge in [0.15, 0.2) is 0 Å². The number of nitrogens with zero attached hydrogens (tertiary/aromatic N) is 2. The smallest absolute Gasteiger partial charge is 0.241 e. The lowest BCUT2D eigenvalue weighted by atomic mass is 10.2. The van der Waals surface area contributed by atoms with E-state index in [1.165, 1.54) is 0 Å². The van der Waals surface area contributed by atoms with E-state index >= 15 is 0 Å². The molecule has 2 aromatic rings. The molecule has 0 aromatic heterocycles. The number of anilines is 2. The van der Waals surface area contributed by atoms with Gasteiger partial charge in [0, 0.05) is 5.69 Å². The number of hydrogen-bond donors (Lipinski definition) is 2. The fourth-order valence-electron chi connectivity index (χ4n) is 2.27. The molecular weight excluding hydrogens is 387 g/mol. The number of nitrogens with one attached hydrogen (secondary N) is 2. The highest BCUT2D eigenvalue weighted by Gasteiger charge is 2.21. The summed E-state index contributed by atoms with van der Waals surface area (Å²) in [6.45, 7) is 1.65. The third kappa shape index (κ3) is 5.69. The van der Waals surface area contributed by atoms with Crippen molar-refractivity contribution in [2.75, 3.05) is 24.2 Å². The second kappa shape index (κ2) is 9.38. The van der Waals surface area contributed by atoms with Gasteiger partial charge in [-0.15, -0.1) is 0 Å². The molecule has 0 saturated carbocycles. The van der Waals surface area contributed by atoms with Gasteiger partial charge in [-0.05, 0) is 44.3 Å². The molecule has 6 nitrogen and oxygen atoms in total. The Labute approximate surface area is 167 Å². The van der Waals surface area contributed by atoms with E-state index in [4.69, 9.17) is 28.5 Å². The van der Waals surface area contributed by atoms with Crippen LogP contribution in [0.5, 0.6) is 0 Å². The van der Waals surface area contributed by atoms with Gasteiger partial charge in [-0.1, -0.05) is 35.3 Å². The van der Waals surface area contributed by atoms with Crippen LogP contribution in [0.2, 0.25) is 10.0 Å². The van der Waals surface area contributed by atoms with Gasteiger partial charge in [-0.25, -0.2) is 0 Å². The Bertz CT molecular complexity index is 875. The normalized spacial score (nSPS) is 11.6. The summed E-state index contributed by atoms with van der Waals surface area (Å²) < 4.78 is 0. The molecule has 140 valence electrons. The minimum Gasteiger partial charge on any atom is -0.325 e. The van der Waals surface area contributed by atoms with E-state index in [0.29, 0.717) is 27.0 Å². The first-order valence-corrected chi connectivity index (χ1v) is 8.82. The highest BCUT2D eigenvalue weighted by atomic mass is 35.5. The average Bonchev–Trinajstić information content (AvgIpc) is 2.64. The third-order valence-electron chi connectivity index (χ3n) is 3.92. The number of benzene rings is 2. The second-order valence-electron chi connectivity index (χ2n) is 5.92. The van der Waals surface area contributed by atoms with Crippen molar-refractivity contribution in [3.05, 3.63) is 58.1 Å². The summed E-state index contributed by atoms with van der Waals surface area (Å²) in [6, 6.07) is 13.0. The number of amides is 2. The number of rotatable bonds is 6.